The highest BCUT2D eigenvalue weighted by Crippen LogP contribution is 2.22. The summed E-state index contributed by atoms with van der Waals surface area (Å²) in [5.41, 5.74) is 0.762. The Balaban J connectivity index is 1.74. The molecule has 3 heterocycles. The van der Waals surface area contributed by atoms with Crippen LogP contribution in [0.1, 0.15) is 26.1 Å². The van der Waals surface area contributed by atoms with Crippen molar-refractivity contribution >= 4 is 17.2 Å². The van der Waals surface area contributed by atoms with Crippen molar-refractivity contribution in [2.45, 2.75) is 32.7 Å². The van der Waals surface area contributed by atoms with E-state index in [9.17, 15) is 0 Å². The lowest BCUT2D eigenvalue weighted by Gasteiger charge is -2.19. The molecule has 0 bridgehead atoms. The van der Waals surface area contributed by atoms with E-state index < -0.39 is 0 Å². The van der Waals surface area contributed by atoms with Crippen LogP contribution < -0.4 is 0 Å². The predicted octanol–water partition coefficient (Wildman–Crippen LogP) is 2.66. The number of rotatable bonds is 3. The van der Waals surface area contributed by atoms with Crippen LogP contribution in [0.2, 0.25) is 5.02 Å². The van der Waals surface area contributed by atoms with Gasteiger partial charge in [-0.1, -0.05) is 11.6 Å². The highest BCUT2D eigenvalue weighted by molar-refractivity contribution is 6.33. The first kappa shape index (κ1) is 12.9. The lowest BCUT2D eigenvalue weighted by Crippen LogP contribution is -2.28. The first-order chi connectivity index (χ1) is 9.13. The van der Waals surface area contributed by atoms with Crippen molar-refractivity contribution < 1.29 is 0 Å². The van der Waals surface area contributed by atoms with Crippen LogP contribution in [0.25, 0.3) is 5.65 Å². The van der Waals surface area contributed by atoms with Gasteiger partial charge in [-0.05, 0) is 44.9 Å². The molecule has 0 aromatic carbocycles. The Morgan fingerprint density at radius 1 is 1.47 bits per heavy atom. The van der Waals surface area contributed by atoms with Gasteiger partial charge in [-0.2, -0.15) is 5.10 Å². The predicted molar refractivity (Wildman–Crippen MR) is 76.5 cm³/mol. The Labute approximate surface area is 118 Å². The van der Waals surface area contributed by atoms with E-state index in [0.717, 1.165) is 24.4 Å². The van der Waals surface area contributed by atoms with Crippen molar-refractivity contribution in [3.05, 3.63) is 29.2 Å². The highest BCUT2D eigenvalue weighted by Gasteiger charge is 2.25. The summed E-state index contributed by atoms with van der Waals surface area (Å²) in [6.45, 7) is 6.86. The number of hydrogen-bond acceptors (Lipinski definition) is 3. The first-order valence-electron chi connectivity index (χ1n) is 6.87. The van der Waals surface area contributed by atoms with Crippen molar-refractivity contribution in [1.82, 2.24) is 19.5 Å². The molecule has 1 unspecified atom stereocenters. The van der Waals surface area contributed by atoms with Crippen LogP contribution in [0.4, 0.5) is 0 Å². The van der Waals surface area contributed by atoms with Crippen molar-refractivity contribution in [2.75, 3.05) is 13.1 Å². The zero-order valence-corrected chi connectivity index (χ0v) is 12.1. The second kappa shape index (κ2) is 5.10. The smallest absolute Gasteiger partial charge is 0.174 e. The van der Waals surface area contributed by atoms with Gasteiger partial charge in [0.05, 0.1) is 5.02 Å². The minimum atomic E-state index is 0.633. The molecule has 0 N–H and O–H groups in total. The van der Waals surface area contributed by atoms with Gasteiger partial charge < -0.3 is 4.90 Å². The molecule has 19 heavy (non-hydrogen) atoms. The normalized spacial score (nSPS) is 20.7. The summed E-state index contributed by atoms with van der Waals surface area (Å²) in [6, 6.07) is 4.38. The fourth-order valence-electron chi connectivity index (χ4n) is 2.76. The summed E-state index contributed by atoms with van der Waals surface area (Å²) >= 11 is 6.12. The van der Waals surface area contributed by atoms with E-state index >= 15 is 0 Å². The molecule has 0 aliphatic carbocycles. The Hall–Kier alpha value is -1.13. The minimum absolute atomic E-state index is 0.633. The summed E-state index contributed by atoms with van der Waals surface area (Å²) in [5.74, 6) is 1.57. The second-order valence-electron chi connectivity index (χ2n) is 5.60. The van der Waals surface area contributed by atoms with Crippen molar-refractivity contribution in [3.8, 4) is 0 Å². The van der Waals surface area contributed by atoms with Crippen molar-refractivity contribution in [3.63, 3.8) is 0 Å². The lowest BCUT2D eigenvalue weighted by atomic mass is 10.1. The summed E-state index contributed by atoms with van der Waals surface area (Å²) < 4.78 is 1.77. The maximum Gasteiger partial charge on any atom is 0.174 e. The first-order valence-corrected chi connectivity index (χ1v) is 7.25. The summed E-state index contributed by atoms with van der Waals surface area (Å²) in [4.78, 5) is 7.07. The Kier molecular flexibility index (Phi) is 3.46. The molecule has 102 valence electrons. The van der Waals surface area contributed by atoms with Crippen LogP contribution in [0.5, 0.6) is 0 Å². The summed E-state index contributed by atoms with van der Waals surface area (Å²) in [7, 11) is 0. The Morgan fingerprint density at radius 2 is 2.32 bits per heavy atom. The van der Waals surface area contributed by atoms with E-state index in [4.69, 9.17) is 11.6 Å². The molecule has 4 nitrogen and oxygen atoms in total. The number of likely N-dealkylation sites (tertiary alicyclic amines) is 1. The maximum absolute atomic E-state index is 6.12. The van der Waals surface area contributed by atoms with E-state index in [1.165, 1.54) is 13.0 Å². The molecule has 2 aromatic heterocycles. The van der Waals surface area contributed by atoms with Gasteiger partial charge in [-0.3, -0.25) is 0 Å². The third-order valence-corrected chi connectivity index (χ3v) is 4.17. The van der Waals surface area contributed by atoms with E-state index in [-0.39, 0.29) is 0 Å². The molecule has 1 fully saturated rings. The molecular weight excluding hydrogens is 260 g/mol. The average Bonchev–Trinajstić information content (AvgIpc) is 2.96. The monoisotopic (exact) mass is 278 g/mol. The molecule has 3 rings (SSSR count). The Morgan fingerprint density at radius 3 is 3.00 bits per heavy atom. The number of fused-ring (bicyclic) bond motifs is 1. The minimum Gasteiger partial charge on any atom is -0.301 e. The molecule has 1 aliphatic rings. The van der Waals surface area contributed by atoms with Crippen LogP contribution in [0.3, 0.4) is 0 Å². The highest BCUT2D eigenvalue weighted by atomic mass is 35.5. The lowest BCUT2D eigenvalue weighted by molar-refractivity contribution is 0.264. The van der Waals surface area contributed by atoms with E-state index in [0.29, 0.717) is 17.0 Å². The standard InChI is InChI=1S/C14H19ClN4/c1-10(2)18-7-5-11(9-18)8-13-16-14-12(15)4-3-6-19(14)17-13/h3-4,6,10-11H,5,7-9H2,1-2H3. The van der Waals surface area contributed by atoms with Crippen LogP contribution >= 0.6 is 11.6 Å². The third kappa shape index (κ3) is 2.60. The second-order valence-corrected chi connectivity index (χ2v) is 6.01. The quantitative estimate of drug-likeness (QED) is 0.865. The number of aromatic nitrogens is 3. The van der Waals surface area contributed by atoms with Crippen LogP contribution in [-0.2, 0) is 6.42 Å². The Bertz CT molecular complexity index is 578. The molecule has 1 aliphatic heterocycles. The van der Waals surface area contributed by atoms with Crippen molar-refractivity contribution in [2.24, 2.45) is 5.92 Å². The molecule has 0 radical (unpaired) electrons. The van der Waals surface area contributed by atoms with E-state index in [1.807, 2.05) is 18.3 Å². The maximum atomic E-state index is 6.12. The molecule has 1 atom stereocenters. The van der Waals surface area contributed by atoms with Crippen molar-refractivity contribution in [1.29, 1.82) is 0 Å². The molecule has 0 amide bonds. The molecule has 5 heteroatoms. The molecule has 2 aromatic rings. The van der Waals surface area contributed by atoms with Crippen LogP contribution in [0.15, 0.2) is 18.3 Å². The number of nitrogens with zero attached hydrogens (tertiary/aromatic N) is 4. The zero-order chi connectivity index (χ0) is 13.4. The fourth-order valence-corrected chi connectivity index (χ4v) is 2.96. The summed E-state index contributed by atoms with van der Waals surface area (Å²) in [5, 5.41) is 5.17. The largest absolute Gasteiger partial charge is 0.301 e. The van der Waals surface area contributed by atoms with E-state index in [2.05, 4.69) is 28.8 Å². The molecule has 1 saturated heterocycles. The molecule has 0 spiro atoms. The number of halogens is 1. The van der Waals surface area contributed by atoms with Gasteiger partial charge in [-0.25, -0.2) is 9.50 Å². The average molecular weight is 279 g/mol. The summed E-state index contributed by atoms with van der Waals surface area (Å²) in [6.07, 6.45) is 4.08. The van der Waals surface area contributed by atoms with Gasteiger partial charge in [0, 0.05) is 25.2 Å². The molecular formula is C14H19ClN4. The zero-order valence-electron chi connectivity index (χ0n) is 11.4. The number of pyridine rings is 1. The SMILES string of the molecule is CC(C)N1CCC(Cc2nc3c(Cl)cccn3n2)C1. The number of hydrogen-bond donors (Lipinski definition) is 0. The topological polar surface area (TPSA) is 33.4 Å². The molecule has 0 saturated carbocycles. The van der Waals surface area contributed by atoms with E-state index in [1.54, 1.807) is 4.52 Å². The van der Waals surface area contributed by atoms with Gasteiger partial charge in [-0.15, -0.1) is 0 Å². The van der Waals surface area contributed by atoms with Gasteiger partial charge in [0.2, 0.25) is 0 Å². The van der Waals surface area contributed by atoms with Crippen LogP contribution in [0, 0.1) is 5.92 Å². The van der Waals surface area contributed by atoms with Gasteiger partial charge in [0.15, 0.2) is 11.5 Å². The van der Waals surface area contributed by atoms with Gasteiger partial charge in [0.1, 0.15) is 0 Å². The van der Waals surface area contributed by atoms with Gasteiger partial charge in [0.25, 0.3) is 0 Å². The fraction of sp³-hybridized carbons (Fsp3) is 0.571. The third-order valence-electron chi connectivity index (χ3n) is 3.88. The van der Waals surface area contributed by atoms with Crippen LogP contribution in [-0.4, -0.2) is 38.6 Å². The van der Waals surface area contributed by atoms with Gasteiger partial charge >= 0.3 is 0 Å².